The van der Waals surface area contributed by atoms with E-state index in [-0.39, 0.29) is 5.92 Å². The van der Waals surface area contributed by atoms with Gasteiger partial charge in [-0.3, -0.25) is 0 Å². The Hall–Kier alpha value is -0.810. The van der Waals surface area contributed by atoms with Gasteiger partial charge in [-0.1, -0.05) is 13.8 Å². The van der Waals surface area contributed by atoms with E-state index in [0.29, 0.717) is 0 Å². The third-order valence-electron chi connectivity index (χ3n) is 1.51. The summed E-state index contributed by atoms with van der Waals surface area (Å²) in [7, 11) is 1.22. The highest BCUT2D eigenvalue weighted by molar-refractivity contribution is 5.67. The van der Waals surface area contributed by atoms with Gasteiger partial charge in [-0.25, -0.2) is 4.79 Å². The summed E-state index contributed by atoms with van der Waals surface area (Å²) < 4.78 is 4.31. The number of methoxy groups -OCH3 is 1. The van der Waals surface area contributed by atoms with E-state index in [0.717, 1.165) is 0 Å². The normalized spacial score (nSPS) is 13.2. The van der Waals surface area contributed by atoms with Gasteiger partial charge in [-0.2, -0.15) is 0 Å². The van der Waals surface area contributed by atoms with E-state index in [1.807, 2.05) is 0 Å². The molecule has 5 nitrogen and oxygen atoms in total. The summed E-state index contributed by atoms with van der Waals surface area (Å²) in [6.45, 7) is 3.53. The first-order chi connectivity index (χ1) is 5.49. The van der Waals surface area contributed by atoms with Crippen LogP contribution in [-0.4, -0.2) is 35.7 Å². The molecule has 0 aromatic heterocycles. The van der Waals surface area contributed by atoms with Gasteiger partial charge in [0.2, 0.25) is 0 Å². The average molecular weight is 177 g/mol. The predicted molar refractivity (Wildman–Crippen MR) is 42.4 cm³/mol. The minimum atomic E-state index is -1.57. The number of ether oxygens (including phenoxy) is 1. The van der Waals surface area contributed by atoms with Gasteiger partial charge < -0.3 is 20.3 Å². The Balaban J connectivity index is 4.05. The number of hydrogen-bond acceptors (Lipinski definition) is 4. The van der Waals surface area contributed by atoms with E-state index < -0.39 is 18.4 Å². The fourth-order valence-corrected chi connectivity index (χ4v) is 0.780. The van der Waals surface area contributed by atoms with E-state index in [1.165, 1.54) is 7.11 Å². The Labute approximate surface area is 71.3 Å². The SMILES string of the molecule is COC(=O)N[C@H](C(C)C)C(O)O. The molecule has 0 aliphatic heterocycles. The Morgan fingerprint density at radius 3 is 2.17 bits per heavy atom. The molecular formula is C7H15NO4. The van der Waals surface area contributed by atoms with Crippen molar-refractivity contribution in [3.63, 3.8) is 0 Å². The molecule has 0 heterocycles. The van der Waals surface area contributed by atoms with Crippen molar-refractivity contribution >= 4 is 6.09 Å². The highest BCUT2D eigenvalue weighted by Crippen LogP contribution is 2.04. The van der Waals surface area contributed by atoms with Crippen molar-refractivity contribution in [1.82, 2.24) is 5.32 Å². The fraction of sp³-hybridized carbons (Fsp3) is 0.857. The highest BCUT2D eigenvalue weighted by Gasteiger charge is 2.22. The second kappa shape index (κ2) is 4.95. The van der Waals surface area contributed by atoms with Crippen LogP contribution in [0.2, 0.25) is 0 Å². The molecular weight excluding hydrogens is 162 g/mol. The van der Waals surface area contributed by atoms with Crippen molar-refractivity contribution in [3.8, 4) is 0 Å². The first-order valence-electron chi connectivity index (χ1n) is 3.69. The molecule has 0 rings (SSSR count). The lowest BCUT2D eigenvalue weighted by Crippen LogP contribution is -2.46. The minimum absolute atomic E-state index is 0.0656. The Kier molecular flexibility index (Phi) is 4.61. The number of carbonyl (C=O) groups is 1. The molecule has 0 aliphatic rings. The van der Waals surface area contributed by atoms with Crippen molar-refractivity contribution in [1.29, 1.82) is 0 Å². The third kappa shape index (κ3) is 3.54. The van der Waals surface area contributed by atoms with Crippen LogP contribution in [0.3, 0.4) is 0 Å². The second-order valence-corrected chi connectivity index (χ2v) is 2.82. The first kappa shape index (κ1) is 11.2. The van der Waals surface area contributed by atoms with E-state index in [2.05, 4.69) is 10.1 Å². The van der Waals surface area contributed by atoms with Crippen molar-refractivity contribution < 1.29 is 19.7 Å². The van der Waals surface area contributed by atoms with Gasteiger partial charge in [0, 0.05) is 0 Å². The molecule has 72 valence electrons. The van der Waals surface area contributed by atoms with E-state index in [9.17, 15) is 4.79 Å². The summed E-state index contributed by atoms with van der Waals surface area (Å²) >= 11 is 0. The number of rotatable bonds is 3. The zero-order valence-corrected chi connectivity index (χ0v) is 7.44. The molecule has 0 fully saturated rings. The number of aliphatic hydroxyl groups excluding tert-OH is 1. The van der Waals surface area contributed by atoms with Crippen LogP contribution in [0.25, 0.3) is 0 Å². The zero-order chi connectivity index (χ0) is 9.72. The number of alkyl carbamates (subject to hydrolysis) is 1. The maximum Gasteiger partial charge on any atom is 0.407 e. The fourth-order valence-electron chi connectivity index (χ4n) is 0.780. The van der Waals surface area contributed by atoms with Gasteiger partial charge in [0.05, 0.1) is 13.2 Å². The Morgan fingerprint density at radius 2 is 1.92 bits per heavy atom. The van der Waals surface area contributed by atoms with Crippen LogP contribution >= 0.6 is 0 Å². The van der Waals surface area contributed by atoms with Crippen LogP contribution in [0.5, 0.6) is 0 Å². The van der Waals surface area contributed by atoms with Crippen LogP contribution in [0.1, 0.15) is 13.8 Å². The van der Waals surface area contributed by atoms with E-state index >= 15 is 0 Å². The number of carbonyl (C=O) groups excluding carboxylic acids is 1. The Bertz CT molecular complexity index is 138. The number of amides is 1. The molecule has 0 aliphatic carbocycles. The van der Waals surface area contributed by atoms with Gasteiger partial charge in [-0.15, -0.1) is 0 Å². The van der Waals surface area contributed by atoms with E-state index in [1.54, 1.807) is 13.8 Å². The number of aliphatic hydroxyl groups is 2. The van der Waals surface area contributed by atoms with Crippen LogP contribution in [0, 0.1) is 5.92 Å². The van der Waals surface area contributed by atoms with Crippen LogP contribution in [-0.2, 0) is 4.74 Å². The molecule has 1 atom stereocenters. The monoisotopic (exact) mass is 177 g/mol. The average Bonchev–Trinajstić information content (AvgIpc) is 1.98. The van der Waals surface area contributed by atoms with Crippen molar-refractivity contribution in [3.05, 3.63) is 0 Å². The van der Waals surface area contributed by atoms with Crippen LogP contribution < -0.4 is 5.32 Å². The smallest absolute Gasteiger partial charge is 0.407 e. The molecule has 0 saturated carbocycles. The molecule has 0 saturated heterocycles. The lowest BCUT2D eigenvalue weighted by molar-refractivity contribution is -0.0759. The van der Waals surface area contributed by atoms with Crippen molar-refractivity contribution in [2.75, 3.05) is 7.11 Å². The van der Waals surface area contributed by atoms with Gasteiger partial charge in [0.1, 0.15) is 0 Å². The third-order valence-corrected chi connectivity index (χ3v) is 1.51. The van der Waals surface area contributed by atoms with Crippen molar-refractivity contribution in [2.45, 2.75) is 26.2 Å². The van der Waals surface area contributed by atoms with Gasteiger partial charge in [-0.05, 0) is 5.92 Å². The van der Waals surface area contributed by atoms with Crippen LogP contribution in [0.4, 0.5) is 4.79 Å². The highest BCUT2D eigenvalue weighted by atomic mass is 16.5. The molecule has 5 heteroatoms. The van der Waals surface area contributed by atoms with Gasteiger partial charge in [0.15, 0.2) is 6.29 Å². The maximum absolute atomic E-state index is 10.7. The molecule has 0 radical (unpaired) electrons. The summed E-state index contributed by atoms with van der Waals surface area (Å²) in [4.78, 5) is 10.7. The summed E-state index contributed by atoms with van der Waals surface area (Å²) in [6, 6.07) is -0.697. The zero-order valence-electron chi connectivity index (χ0n) is 7.44. The van der Waals surface area contributed by atoms with Gasteiger partial charge in [0.25, 0.3) is 0 Å². The van der Waals surface area contributed by atoms with Crippen LogP contribution in [0.15, 0.2) is 0 Å². The number of hydrogen-bond donors (Lipinski definition) is 3. The molecule has 1 amide bonds. The van der Waals surface area contributed by atoms with E-state index in [4.69, 9.17) is 10.2 Å². The summed E-state index contributed by atoms with van der Waals surface area (Å²) in [5.74, 6) is -0.0656. The maximum atomic E-state index is 10.7. The first-order valence-corrected chi connectivity index (χ1v) is 3.69. The van der Waals surface area contributed by atoms with Gasteiger partial charge >= 0.3 is 6.09 Å². The molecule has 0 unspecified atom stereocenters. The standard InChI is InChI=1S/C7H15NO4/c1-4(2)5(6(9)10)8-7(11)12-3/h4-6,9-10H,1-3H3,(H,8,11)/t5-/m1/s1. The topological polar surface area (TPSA) is 78.8 Å². The molecule has 0 bridgehead atoms. The number of nitrogens with one attached hydrogen (secondary N) is 1. The Morgan fingerprint density at radius 1 is 1.42 bits per heavy atom. The van der Waals surface area contributed by atoms with Crippen molar-refractivity contribution in [2.24, 2.45) is 5.92 Å². The quantitative estimate of drug-likeness (QED) is 0.516. The largest absolute Gasteiger partial charge is 0.453 e. The molecule has 0 aromatic carbocycles. The molecule has 12 heavy (non-hydrogen) atoms. The predicted octanol–water partition coefficient (Wildman–Crippen LogP) is -0.322. The second-order valence-electron chi connectivity index (χ2n) is 2.82. The lowest BCUT2D eigenvalue weighted by atomic mass is 10.0. The molecule has 3 N–H and O–H groups in total. The molecule has 0 spiro atoms. The molecule has 0 aromatic rings. The summed E-state index contributed by atoms with van der Waals surface area (Å²) in [6.07, 6.45) is -2.23. The summed E-state index contributed by atoms with van der Waals surface area (Å²) in [5.41, 5.74) is 0. The minimum Gasteiger partial charge on any atom is -0.453 e. The lowest BCUT2D eigenvalue weighted by Gasteiger charge is -2.22. The summed E-state index contributed by atoms with van der Waals surface area (Å²) in [5, 5.41) is 19.9.